The number of hydrogen-bond donors (Lipinski definition) is 1. The Morgan fingerprint density at radius 3 is 2.79 bits per heavy atom. The quantitative estimate of drug-likeness (QED) is 0.785. The van der Waals surface area contributed by atoms with E-state index >= 15 is 0 Å². The average Bonchev–Trinajstić information content (AvgIpc) is 2.69. The zero-order valence-electron chi connectivity index (χ0n) is 9.12. The van der Waals surface area contributed by atoms with E-state index in [9.17, 15) is 0 Å². The predicted octanol–water partition coefficient (Wildman–Crippen LogP) is 1.96. The van der Waals surface area contributed by atoms with Gasteiger partial charge in [-0.2, -0.15) is 0 Å². The maximum atomic E-state index is 6.08. The second kappa shape index (κ2) is 4.62. The maximum Gasteiger partial charge on any atom is 0.105 e. The molecule has 0 spiro atoms. The highest BCUT2D eigenvalue weighted by Gasteiger charge is 2.30. The van der Waals surface area contributed by atoms with Crippen molar-refractivity contribution >= 4 is 0 Å². The summed E-state index contributed by atoms with van der Waals surface area (Å²) in [6.45, 7) is 4.10. The van der Waals surface area contributed by atoms with Gasteiger partial charge in [0.05, 0.1) is 11.9 Å². The number of furan rings is 1. The molecule has 3 nitrogen and oxygen atoms in total. The topological polar surface area (TPSA) is 48.4 Å². The molecule has 0 radical (unpaired) electrons. The van der Waals surface area contributed by atoms with Gasteiger partial charge in [-0.25, -0.2) is 0 Å². The SMILES string of the molecule is CCC(C)(OC)C(N)Cc1ccco1. The van der Waals surface area contributed by atoms with E-state index in [0.29, 0.717) is 6.42 Å². The van der Waals surface area contributed by atoms with Gasteiger partial charge in [-0.05, 0) is 25.5 Å². The van der Waals surface area contributed by atoms with E-state index in [2.05, 4.69) is 6.92 Å². The molecule has 2 N–H and O–H groups in total. The van der Waals surface area contributed by atoms with Crippen molar-refractivity contribution in [2.24, 2.45) is 5.73 Å². The van der Waals surface area contributed by atoms with Crippen LogP contribution in [0.2, 0.25) is 0 Å². The van der Waals surface area contributed by atoms with Crippen LogP contribution in [0.3, 0.4) is 0 Å². The first-order valence-corrected chi connectivity index (χ1v) is 4.95. The van der Waals surface area contributed by atoms with Gasteiger partial charge < -0.3 is 14.9 Å². The summed E-state index contributed by atoms with van der Waals surface area (Å²) in [6.07, 6.45) is 3.27. The van der Waals surface area contributed by atoms with Crippen molar-refractivity contribution in [3.05, 3.63) is 24.2 Å². The second-order valence-electron chi connectivity index (χ2n) is 3.76. The van der Waals surface area contributed by atoms with Gasteiger partial charge in [-0.15, -0.1) is 0 Å². The summed E-state index contributed by atoms with van der Waals surface area (Å²) in [7, 11) is 1.70. The third kappa shape index (κ3) is 2.36. The van der Waals surface area contributed by atoms with Crippen molar-refractivity contribution in [3.8, 4) is 0 Å². The van der Waals surface area contributed by atoms with Crippen LogP contribution in [0.15, 0.2) is 22.8 Å². The second-order valence-corrected chi connectivity index (χ2v) is 3.76. The highest BCUT2D eigenvalue weighted by Crippen LogP contribution is 2.20. The third-order valence-electron chi connectivity index (χ3n) is 2.95. The minimum atomic E-state index is -0.271. The molecule has 2 atom stereocenters. The monoisotopic (exact) mass is 197 g/mol. The first-order chi connectivity index (χ1) is 6.62. The average molecular weight is 197 g/mol. The molecule has 0 bridgehead atoms. The fourth-order valence-corrected chi connectivity index (χ4v) is 1.42. The Kier molecular flexibility index (Phi) is 3.72. The Hall–Kier alpha value is -0.800. The maximum absolute atomic E-state index is 6.08. The lowest BCUT2D eigenvalue weighted by Gasteiger charge is -2.32. The molecule has 0 fully saturated rings. The standard InChI is InChI=1S/C11H19NO2/c1-4-11(2,13-3)10(12)8-9-6-5-7-14-9/h5-7,10H,4,8,12H2,1-3H3. The molecule has 3 heteroatoms. The molecule has 80 valence electrons. The minimum Gasteiger partial charge on any atom is -0.469 e. The van der Waals surface area contributed by atoms with Crippen LogP contribution in [0.5, 0.6) is 0 Å². The number of rotatable bonds is 5. The van der Waals surface area contributed by atoms with Gasteiger partial charge in [0.25, 0.3) is 0 Å². The molecular formula is C11H19NO2. The number of hydrogen-bond acceptors (Lipinski definition) is 3. The van der Waals surface area contributed by atoms with Gasteiger partial charge in [0.2, 0.25) is 0 Å². The molecule has 1 aromatic heterocycles. The van der Waals surface area contributed by atoms with E-state index in [1.165, 1.54) is 0 Å². The van der Waals surface area contributed by atoms with E-state index in [-0.39, 0.29) is 11.6 Å². The van der Waals surface area contributed by atoms with E-state index < -0.39 is 0 Å². The van der Waals surface area contributed by atoms with Crippen molar-refractivity contribution in [3.63, 3.8) is 0 Å². The lowest BCUT2D eigenvalue weighted by Crippen LogP contribution is -2.48. The van der Waals surface area contributed by atoms with Gasteiger partial charge in [0.15, 0.2) is 0 Å². The zero-order valence-corrected chi connectivity index (χ0v) is 9.12. The summed E-state index contributed by atoms with van der Waals surface area (Å²) < 4.78 is 10.7. The predicted molar refractivity (Wildman–Crippen MR) is 56.1 cm³/mol. The Bertz CT molecular complexity index is 252. The zero-order chi connectivity index (χ0) is 10.6. The van der Waals surface area contributed by atoms with Crippen LogP contribution in [-0.4, -0.2) is 18.8 Å². The van der Waals surface area contributed by atoms with Crippen molar-refractivity contribution in [2.75, 3.05) is 7.11 Å². The van der Waals surface area contributed by atoms with Crippen LogP contribution < -0.4 is 5.73 Å². The summed E-state index contributed by atoms with van der Waals surface area (Å²) in [5, 5.41) is 0. The van der Waals surface area contributed by atoms with E-state index in [1.54, 1.807) is 13.4 Å². The number of methoxy groups -OCH3 is 1. The summed E-state index contributed by atoms with van der Waals surface area (Å²) in [5.41, 5.74) is 5.81. The summed E-state index contributed by atoms with van der Waals surface area (Å²) >= 11 is 0. The summed E-state index contributed by atoms with van der Waals surface area (Å²) in [6, 6.07) is 3.77. The van der Waals surface area contributed by atoms with Gasteiger partial charge >= 0.3 is 0 Å². The summed E-state index contributed by atoms with van der Waals surface area (Å²) in [4.78, 5) is 0. The first kappa shape index (κ1) is 11.3. The van der Waals surface area contributed by atoms with Crippen LogP contribution in [0, 0.1) is 0 Å². The molecule has 1 heterocycles. The lowest BCUT2D eigenvalue weighted by molar-refractivity contribution is -0.0195. The van der Waals surface area contributed by atoms with Crippen LogP contribution in [0.4, 0.5) is 0 Å². The third-order valence-corrected chi connectivity index (χ3v) is 2.95. The van der Waals surface area contributed by atoms with E-state index in [1.807, 2.05) is 19.1 Å². The molecule has 1 rings (SSSR count). The van der Waals surface area contributed by atoms with Crippen LogP contribution in [0.25, 0.3) is 0 Å². The van der Waals surface area contributed by atoms with Gasteiger partial charge in [-0.3, -0.25) is 0 Å². The highest BCUT2D eigenvalue weighted by atomic mass is 16.5. The van der Waals surface area contributed by atoms with E-state index in [4.69, 9.17) is 14.9 Å². The molecule has 0 aliphatic rings. The number of nitrogens with two attached hydrogens (primary N) is 1. The van der Waals surface area contributed by atoms with Gasteiger partial charge in [-0.1, -0.05) is 6.92 Å². The molecule has 1 aromatic rings. The van der Waals surface area contributed by atoms with Gasteiger partial charge in [0.1, 0.15) is 5.76 Å². The Morgan fingerprint density at radius 1 is 1.64 bits per heavy atom. The van der Waals surface area contributed by atoms with Crippen LogP contribution >= 0.6 is 0 Å². The fourth-order valence-electron chi connectivity index (χ4n) is 1.42. The molecule has 0 amide bonds. The molecule has 0 saturated heterocycles. The molecule has 0 aliphatic carbocycles. The Morgan fingerprint density at radius 2 is 2.36 bits per heavy atom. The van der Waals surface area contributed by atoms with Crippen LogP contribution in [-0.2, 0) is 11.2 Å². The normalized spacial score (nSPS) is 17.7. The molecule has 0 aliphatic heterocycles. The molecule has 0 aromatic carbocycles. The first-order valence-electron chi connectivity index (χ1n) is 4.95. The number of ether oxygens (including phenoxy) is 1. The van der Waals surface area contributed by atoms with Crippen molar-refractivity contribution < 1.29 is 9.15 Å². The minimum absolute atomic E-state index is 0.0383. The fraction of sp³-hybridized carbons (Fsp3) is 0.636. The molecular weight excluding hydrogens is 178 g/mol. The van der Waals surface area contributed by atoms with Crippen molar-refractivity contribution in [2.45, 2.75) is 38.3 Å². The van der Waals surface area contributed by atoms with Crippen molar-refractivity contribution in [1.82, 2.24) is 0 Å². The van der Waals surface area contributed by atoms with Crippen molar-refractivity contribution in [1.29, 1.82) is 0 Å². The van der Waals surface area contributed by atoms with Gasteiger partial charge in [0, 0.05) is 19.6 Å². The Labute approximate surface area is 85.2 Å². The molecule has 14 heavy (non-hydrogen) atoms. The lowest BCUT2D eigenvalue weighted by atomic mass is 9.91. The Balaban J connectivity index is 2.60. The molecule has 2 unspecified atom stereocenters. The molecule has 0 saturated carbocycles. The van der Waals surface area contributed by atoms with E-state index in [0.717, 1.165) is 12.2 Å². The highest BCUT2D eigenvalue weighted by molar-refractivity contribution is 5.03. The summed E-state index contributed by atoms with van der Waals surface area (Å²) in [5.74, 6) is 0.911. The smallest absolute Gasteiger partial charge is 0.105 e. The largest absolute Gasteiger partial charge is 0.469 e. The van der Waals surface area contributed by atoms with Crippen LogP contribution in [0.1, 0.15) is 26.0 Å².